The summed E-state index contributed by atoms with van der Waals surface area (Å²) >= 11 is 1.34. The molecule has 3 rings (SSSR count). The topological polar surface area (TPSA) is 50.3 Å². The van der Waals surface area contributed by atoms with Crippen molar-refractivity contribution in [2.75, 3.05) is 11.4 Å². The number of nitrogens with zero attached hydrogens (tertiary/aromatic N) is 2. The lowest BCUT2D eigenvalue weighted by Crippen LogP contribution is -2.37. The summed E-state index contributed by atoms with van der Waals surface area (Å²) in [5.41, 5.74) is 3.74. The van der Waals surface area contributed by atoms with Gasteiger partial charge in [-0.05, 0) is 19.1 Å². The van der Waals surface area contributed by atoms with E-state index >= 15 is 0 Å². The molecule has 0 radical (unpaired) electrons. The maximum atomic E-state index is 12.5. The quantitative estimate of drug-likeness (QED) is 0.802. The summed E-state index contributed by atoms with van der Waals surface area (Å²) in [5.74, 6) is 0.0284. The van der Waals surface area contributed by atoms with Crippen molar-refractivity contribution in [1.29, 1.82) is 0 Å². The van der Waals surface area contributed by atoms with Crippen LogP contribution in [0.5, 0.6) is 0 Å². The van der Waals surface area contributed by atoms with Crippen LogP contribution in [0.25, 0.3) is 0 Å². The number of ketones is 1. The Labute approximate surface area is 114 Å². The third-order valence-corrected chi connectivity index (χ3v) is 4.16. The zero-order valence-electron chi connectivity index (χ0n) is 10.4. The molecule has 1 aliphatic rings. The van der Waals surface area contributed by atoms with E-state index in [4.69, 9.17) is 0 Å². The highest BCUT2D eigenvalue weighted by atomic mass is 32.1. The average Bonchev–Trinajstić information content (AvgIpc) is 2.85. The van der Waals surface area contributed by atoms with Crippen molar-refractivity contribution in [3.63, 3.8) is 0 Å². The fourth-order valence-electron chi connectivity index (χ4n) is 2.25. The number of para-hydroxylation sites is 1. The first-order valence-corrected chi connectivity index (χ1v) is 6.90. The van der Waals surface area contributed by atoms with Crippen LogP contribution in [0.15, 0.2) is 29.8 Å². The molecule has 0 spiro atoms. The number of aromatic nitrogens is 1. The van der Waals surface area contributed by atoms with Crippen LogP contribution in [0.2, 0.25) is 0 Å². The molecule has 96 valence electrons. The van der Waals surface area contributed by atoms with Crippen LogP contribution < -0.4 is 4.90 Å². The number of Topliss-reactive ketones (excluding diaryl/α,β-unsaturated/α-hetero) is 1. The van der Waals surface area contributed by atoms with Gasteiger partial charge in [-0.15, -0.1) is 11.3 Å². The minimum atomic E-state index is -0.0695. The molecule has 1 amide bonds. The van der Waals surface area contributed by atoms with Gasteiger partial charge >= 0.3 is 0 Å². The van der Waals surface area contributed by atoms with Crippen molar-refractivity contribution in [3.8, 4) is 0 Å². The molecule has 0 atom stereocenters. The summed E-state index contributed by atoms with van der Waals surface area (Å²) in [6.45, 7) is 2.26. The Balaban J connectivity index is 2.04. The zero-order valence-corrected chi connectivity index (χ0v) is 11.2. The van der Waals surface area contributed by atoms with Gasteiger partial charge in [0.05, 0.1) is 16.9 Å². The van der Waals surface area contributed by atoms with Crippen molar-refractivity contribution in [1.82, 2.24) is 4.98 Å². The van der Waals surface area contributed by atoms with Crippen molar-refractivity contribution in [3.05, 3.63) is 45.9 Å². The average molecular weight is 272 g/mol. The second-order valence-corrected chi connectivity index (χ2v) is 5.27. The number of amides is 1. The number of hydrogen-bond acceptors (Lipinski definition) is 4. The predicted molar refractivity (Wildman–Crippen MR) is 73.9 cm³/mol. The fraction of sp³-hybridized carbons (Fsp3) is 0.214. The number of carbonyl (C=O) groups is 2. The Kier molecular flexibility index (Phi) is 2.91. The zero-order chi connectivity index (χ0) is 13.4. The molecule has 0 saturated carbocycles. The molecule has 0 aliphatic carbocycles. The number of hydrogen-bond donors (Lipinski definition) is 0. The van der Waals surface area contributed by atoms with Gasteiger partial charge in [0.25, 0.3) is 5.91 Å². The highest BCUT2D eigenvalue weighted by molar-refractivity contribution is 7.12. The van der Waals surface area contributed by atoms with Crippen LogP contribution in [-0.2, 0) is 0 Å². The number of benzene rings is 1. The minimum absolute atomic E-state index is 0.0695. The molecular formula is C14H12N2O2S. The summed E-state index contributed by atoms with van der Waals surface area (Å²) in [4.78, 5) is 30.8. The largest absolute Gasteiger partial charge is 0.306 e. The van der Waals surface area contributed by atoms with Crippen LogP contribution in [0, 0.1) is 6.92 Å². The van der Waals surface area contributed by atoms with Crippen LogP contribution in [-0.4, -0.2) is 23.2 Å². The van der Waals surface area contributed by atoms with Gasteiger partial charge in [0.15, 0.2) is 5.78 Å². The lowest BCUT2D eigenvalue weighted by Gasteiger charge is -2.28. The van der Waals surface area contributed by atoms with Gasteiger partial charge in [0, 0.05) is 18.5 Å². The Morgan fingerprint density at radius 2 is 2.16 bits per heavy atom. The summed E-state index contributed by atoms with van der Waals surface area (Å²) in [5, 5.41) is 0. The highest BCUT2D eigenvalue weighted by Crippen LogP contribution is 2.29. The smallest absolute Gasteiger partial charge is 0.270 e. The number of fused-ring (bicyclic) bond motifs is 1. The number of anilines is 1. The van der Waals surface area contributed by atoms with Crippen molar-refractivity contribution in [2.45, 2.75) is 13.3 Å². The van der Waals surface area contributed by atoms with Gasteiger partial charge in [0.1, 0.15) is 4.88 Å². The molecule has 1 aliphatic heterocycles. The van der Waals surface area contributed by atoms with Crippen LogP contribution in [0.4, 0.5) is 5.69 Å². The van der Waals surface area contributed by atoms with Gasteiger partial charge in [-0.3, -0.25) is 9.59 Å². The highest BCUT2D eigenvalue weighted by Gasteiger charge is 2.28. The van der Waals surface area contributed by atoms with Gasteiger partial charge < -0.3 is 4.90 Å². The van der Waals surface area contributed by atoms with Gasteiger partial charge in [-0.2, -0.15) is 0 Å². The van der Waals surface area contributed by atoms with Gasteiger partial charge in [-0.1, -0.05) is 12.1 Å². The Bertz CT molecular complexity index is 663. The van der Waals surface area contributed by atoms with E-state index in [0.29, 0.717) is 29.1 Å². The molecule has 0 saturated heterocycles. The minimum Gasteiger partial charge on any atom is -0.306 e. The van der Waals surface area contributed by atoms with Crippen molar-refractivity contribution in [2.24, 2.45) is 0 Å². The van der Waals surface area contributed by atoms with Gasteiger partial charge in [0.2, 0.25) is 0 Å². The number of carbonyl (C=O) groups excluding carboxylic acids is 2. The standard InChI is InChI=1S/C14H12N2O2S/c1-9-13(19-8-15-9)14(18)16-7-6-12(17)10-4-2-3-5-11(10)16/h2-5,8H,6-7H2,1H3. The third-order valence-electron chi connectivity index (χ3n) is 3.24. The molecule has 1 aromatic heterocycles. The van der Waals surface area contributed by atoms with E-state index in [0.717, 1.165) is 5.69 Å². The van der Waals surface area contributed by atoms with E-state index in [2.05, 4.69) is 4.98 Å². The van der Waals surface area contributed by atoms with Crippen LogP contribution >= 0.6 is 11.3 Å². The van der Waals surface area contributed by atoms with Crippen molar-refractivity contribution < 1.29 is 9.59 Å². The van der Waals surface area contributed by atoms with E-state index in [1.165, 1.54) is 11.3 Å². The molecule has 2 aromatic rings. The monoisotopic (exact) mass is 272 g/mol. The lowest BCUT2D eigenvalue weighted by atomic mass is 10.0. The second-order valence-electron chi connectivity index (χ2n) is 4.41. The first kappa shape index (κ1) is 12.0. The molecular weight excluding hydrogens is 260 g/mol. The maximum Gasteiger partial charge on any atom is 0.270 e. The number of rotatable bonds is 1. The first-order chi connectivity index (χ1) is 9.18. The molecule has 0 N–H and O–H groups in total. The fourth-order valence-corrected chi connectivity index (χ4v) is 3.00. The number of thiazole rings is 1. The molecule has 4 nitrogen and oxygen atoms in total. The van der Waals surface area contributed by atoms with Crippen molar-refractivity contribution >= 4 is 28.7 Å². The molecule has 2 heterocycles. The maximum absolute atomic E-state index is 12.5. The Hall–Kier alpha value is -2.01. The molecule has 0 unspecified atom stereocenters. The molecule has 0 fully saturated rings. The summed E-state index contributed by atoms with van der Waals surface area (Å²) in [6, 6.07) is 7.26. The summed E-state index contributed by atoms with van der Waals surface area (Å²) < 4.78 is 0. The Morgan fingerprint density at radius 3 is 2.89 bits per heavy atom. The van der Waals surface area contributed by atoms with E-state index in [1.54, 1.807) is 16.5 Å². The van der Waals surface area contributed by atoms with Gasteiger partial charge in [-0.25, -0.2) is 4.98 Å². The molecule has 19 heavy (non-hydrogen) atoms. The molecule has 1 aromatic carbocycles. The predicted octanol–water partition coefficient (Wildman–Crippen LogP) is 2.68. The molecule has 0 bridgehead atoms. The third kappa shape index (κ3) is 1.96. The first-order valence-electron chi connectivity index (χ1n) is 6.02. The van der Waals surface area contributed by atoms with E-state index in [-0.39, 0.29) is 11.7 Å². The van der Waals surface area contributed by atoms with E-state index in [1.807, 2.05) is 25.1 Å². The van der Waals surface area contributed by atoms with Crippen LogP contribution in [0.1, 0.15) is 32.1 Å². The normalized spacial score (nSPS) is 14.4. The Morgan fingerprint density at radius 1 is 1.37 bits per heavy atom. The molecule has 5 heteroatoms. The van der Waals surface area contributed by atoms with E-state index in [9.17, 15) is 9.59 Å². The SMILES string of the molecule is Cc1ncsc1C(=O)N1CCC(=O)c2ccccc21. The lowest BCUT2D eigenvalue weighted by molar-refractivity contribution is 0.0956. The summed E-state index contributed by atoms with van der Waals surface area (Å²) in [7, 11) is 0. The van der Waals surface area contributed by atoms with Crippen LogP contribution in [0.3, 0.4) is 0 Å². The second kappa shape index (κ2) is 4.59. The summed E-state index contributed by atoms with van der Waals surface area (Å²) in [6.07, 6.45) is 0.376. The van der Waals surface area contributed by atoms with E-state index < -0.39 is 0 Å². The number of aryl methyl sites for hydroxylation is 1.